The number of nitrogens with zero attached hydrogens (tertiary/aromatic N) is 1. The average molecular weight is 320 g/mol. The molecule has 120 valence electrons. The molecule has 1 amide bonds. The predicted octanol–water partition coefficient (Wildman–Crippen LogP) is 2.93. The van der Waals surface area contributed by atoms with Crippen molar-refractivity contribution in [3.8, 4) is 0 Å². The van der Waals surface area contributed by atoms with Crippen LogP contribution in [0.4, 0.5) is 5.69 Å². The number of carbonyl (C=O) groups is 2. The Morgan fingerprint density at radius 2 is 1.88 bits per heavy atom. The molecule has 5 heteroatoms. The van der Waals surface area contributed by atoms with Crippen LogP contribution in [0.3, 0.4) is 0 Å². The normalized spacial score (nSPS) is 16.3. The lowest BCUT2D eigenvalue weighted by molar-refractivity contribution is -0.138. The molecule has 1 atom stereocenters. The molecule has 0 fully saturated rings. The average Bonchev–Trinajstić information content (AvgIpc) is 3.17. The van der Waals surface area contributed by atoms with E-state index in [-0.39, 0.29) is 18.9 Å². The first kappa shape index (κ1) is 14.5. The van der Waals surface area contributed by atoms with Gasteiger partial charge in [-0.25, -0.2) is 0 Å². The molecule has 0 bridgehead atoms. The first-order valence-electron chi connectivity index (χ1n) is 7.82. The number of fused-ring (bicyclic) bond motifs is 2. The van der Waals surface area contributed by atoms with E-state index in [0.29, 0.717) is 11.3 Å². The van der Waals surface area contributed by atoms with Crippen LogP contribution in [0, 0.1) is 0 Å². The van der Waals surface area contributed by atoms with Crippen molar-refractivity contribution in [3.63, 3.8) is 0 Å². The van der Waals surface area contributed by atoms with Gasteiger partial charge in [-0.15, -0.1) is 0 Å². The topological polar surface area (TPSA) is 73.4 Å². The highest BCUT2D eigenvalue weighted by Crippen LogP contribution is 2.36. The molecule has 0 unspecified atom stereocenters. The summed E-state index contributed by atoms with van der Waals surface area (Å²) < 4.78 is 0. The van der Waals surface area contributed by atoms with Gasteiger partial charge in [0.25, 0.3) is 0 Å². The third-order valence-electron chi connectivity index (χ3n) is 4.58. The maximum absolute atomic E-state index is 12.8. The monoisotopic (exact) mass is 320 g/mol. The number of carboxylic acids is 1. The Balaban J connectivity index is 1.65. The summed E-state index contributed by atoms with van der Waals surface area (Å²) in [6, 6.07) is 15.1. The standard InChI is InChI=1S/C19H16N2O3/c22-18(9-12-10-20-16-7-3-1-5-13(12)16)21-11-15(19(23)24)14-6-2-4-8-17(14)21/h1-8,10,15,20H,9,11H2,(H,23,24)/t15-/m1/s1. The van der Waals surface area contributed by atoms with E-state index in [9.17, 15) is 14.7 Å². The van der Waals surface area contributed by atoms with E-state index in [4.69, 9.17) is 0 Å². The number of H-pyrrole nitrogens is 1. The van der Waals surface area contributed by atoms with Crippen LogP contribution in [-0.2, 0) is 16.0 Å². The second-order valence-electron chi connectivity index (χ2n) is 5.99. The van der Waals surface area contributed by atoms with Gasteiger partial charge in [0.1, 0.15) is 5.92 Å². The molecule has 4 rings (SSSR count). The van der Waals surface area contributed by atoms with E-state index < -0.39 is 11.9 Å². The second-order valence-corrected chi connectivity index (χ2v) is 5.99. The fourth-order valence-corrected chi connectivity index (χ4v) is 3.39. The predicted molar refractivity (Wildman–Crippen MR) is 91.2 cm³/mol. The summed E-state index contributed by atoms with van der Waals surface area (Å²) in [7, 11) is 0. The lowest BCUT2D eigenvalue weighted by Crippen LogP contribution is -2.32. The largest absolute Gasteiger partial charge is 0.481 e. The van der Waals surface area contributed by atoms with E-state index in [1.807, 2.05) is 48.7 Å². The minimum Gasteiger partial charge on any atom is -0.481 e. The van der Waals surface area contributed by atoms with Crippen LogP contribution < -0.4 is 4.90 Å². The Labute approximate surface area is 138 Å². The van der Waals surface area contributed by atoms with Crippen molar-refractivity contribution in [2.75, 3.05) is 11.4 Å². The number of carbonyl (C=O) groups excluding carboxylic acids is 1. The van der Waals surface area contributed by atoms with Crippen LogP contribution in [0.25, 0.3) is 10.9 Å². The number of nitrogens with one attached hydrogen (secondary N) is 1. The smallest absolute Gasteiger partial charge is 0.312 e. The Hall–Kier alpha value is -3.08. The number of amides is 1. The SMILES string of the molecule is O=C(O)[C@@H]1CN(C(=O)Cc2c[nH]c3ccccc23)c2ccccc21. The molecular weight excluding hydrogens is 304 g/mol. The molecule has 0 spiro atoms. The first-order chi connectivity index (χ1) is 11.6. The molecule has 3 aromatic rings. The van der Waals surface area contributed by atoms with E-state index in [1.54, 1.807) is 11.0 Å². The summed E-state index contributed by atoms with van der Waals surface area (Å²) in [5.74, 6) is -1.64. The molecule has 0 saturated heterocycles. The van der Waals surface area contributed by atoms with Gasteiger partial charge in [0.05, 0.1) is 6.42 Å². The maximum Gasteiger partial charge on any atom is 0.312 e. The number of carboxylic acid groups (broad SMARTS) is 1. The van der Waals surface area contributed by atoms with Crippen molar-refractivity contribution in [3.05, 3.63) is 65.9 Å². The van der Waals surface area contributed by atoms with Crippen LogP contribution >= 0.6 is 0 Å². The lowest BCUT2D eigenvalue weighted by Gasteiger charge is -2.17. The van der Waals surface area contributed by atoms with E-state index in [2.05, 4.69) is 4.98 Å². The second kappa shape index (κ2) is 5.53. The van der Waals surface area contributed by atoms with Crippen molar-refractivity contribution in [1.29, 1.82) is 0 Å². The van der Waals surface area contributed by atoms with Crippen molar-refractivity contribution < 1.29 is 14.7 Å². The molecular formula is C19H16N2O3. The van der Waals surface area contributed by atoms with Crippen LogP contribution in [0.2, 0.25) is 0 Å². The highest BCUT2D eigenvalue weighted by atomic mass is 16.4. The summed E-state index contributed by atoms with van der Waals surface area (Å²) in [6.07, 6.45) is 2.09. The van der Waals surface area contributed by atoms with Gasteiger partial charge in [-0.3, -0.25) is 9.59 Å². The van der Waals surface area contributed by atoms with Gasteiger partial charge in [0.2, 0.25) is 5.91 Å². The van der Waals surface area contributed by atoms with Gasteiger partial charge in [0, 0.05) is 29.3 Å². The number of benzene rings is 2. The molecule has 2 aromatic carbocycles. The molecule has 1 aliphatic rings. The maximum atomic E-state index is 12.8. The molecule has 0 aliphatic carbocycles. The Morgan fingerprint density at radius 3 is 2.71 bits per heavy atom. The lowest BCUT2D eigenvalue weighted by atomic mass is 10.0. The van der Waals surface area contributed by atoms with Crippen molar-refractivity contribution in [2.45, 2.75) is 12.3 Å². The zero-order valence-electron chi connectivity index (χ0n) is 12.9. The fourth-order valence-electron chi connectivity index (χ4n) is 3.39. The summed E-state index contributed by atoms with van der Waals surface area (Å²) >= 11 is 0. The number of para-hydroxylation sites is 2. The van der Waals surface area contributed by atoms with Crippen LogP contribution in [0.15, 0.2) is 54.7 Å². The van der Waals surface area contributed by atoms with Crippen LogP contribution in [0.1, 0.15) is 17.0 Å². The van der Waals surface area contributed by atoms with Gasteiger partial charge in [-0.05, 0) is 23.3 Å². The number of anilines is 1. The molecule has 5 nitrogen and oxygen atoms in total. The minimum absolute atomic E-state index is 0.0871. The fraction of sp³-hybridized carbons (Fsp3) is 0.158. The third-order valence-corrected chi connectivity index (χ3v) is 4.58. The Morgan fingerprint density at radius 1 is 1.12 bits per heavy atom. The van der Waals surface area contributed by atoms with Gasteiger partial charge in [-0.2, -0.15) is 0 Å². The van der Waals surface area contributed by atoms with Gasteiger partial charge >= 0.3 is 5.97 Å². The highest BCUT2D eigenvalue weighted by Gasteiger charge is 2.36. The number of aromatic amines is 1. The quantitative estimate of drug-likeness (QED) is 0.779. The van der Waals surface area contributed by atoms with Gasteiger partial charge < -0.3 is 15.0 Å². The molecule has 2 heterocycles. The molecule has 2 N–H and O–H groups in total. The Bertz CT molecular complexity index is 944. The summed E-state index contributed by atoms with van der Waals surface area (Å²) in [4.78, 5) is 29.0. The number of aliphatic carboxylic acids is 1. The number of rotatable bonds is 3. The van der Waals surface area contributed by atoms with Crippen molar-refractivity contribution in [1.82, 2.24) is 4.98 Å². The molecule has 1 aromatic heterocycles. The van der Waals surface area contributed by atoms with Crippen LogP contribution in [0.5, 0.6) is 0 Å². The summed E-state index contributed by atoms with van der Waals surface area (Å²) in [6.45, 7) is 0.190. The van der Waals surface area contributed by atoms with Crippen LogP contribution in [-0.4, -0.2) is 28.5 Å². The highest BCUT2D eigenvalue weighted by molar-refractivity contribution is 6.01. The third kappa shape index (κ3) is 2.25. The summed E-state index contributed by atoms with van der Waals surface area (Å²) in [5, 5.41) is 10.4. The van der Waals surface area contributed by atoms with Gasteiger partial charge in [-0.1, -0.05) is 36.4 Å². The minimum atomic E-state index is -0.898. The zero-order valence-corrected chi connectivity index (χ0v) is 12.9. The number of hydrogen-bond donors (Lipinski definition) is 2. The Kier molecular flexibility index (Phi) is 3.34. The van der Waals surface area contributed by atoms with E-state index in [1.165, 1.54) is 0 Å². The van der Waals surface area contributed by atoms with Gasteiger partial charge in [0.15, 0.2) is 0 Å². The van der Waals surface area contributed by atoms with E-state index >= 15 is 0 Å². The molecule has 24 heavy (non-hydrogen) atoms. The first-order valence-corrected chi connectivity index (χ1v) is 7.82. The molecule has 0 saturated carbocycles. The van der Waals surface area contributed by atoms with Crippen molar-refractivity contribution in [2.24, 2.45) is 0 Å². The summed E-state index contributed by atoms with van der Waals surface area (Å²) in [5.41, 5.74) is 3.32. The number of aromatic nitrogens is 1. The van der Waals surface area contributed by atoms with Crippen molar-refractivity contribution >= 4 is 28.5 Å². The number of hydrogen-bond acceptors (Lipinski definition) is 2. The molecule has 0 radical (unpaired) electrons. The van der Waals surface area contributed by atoms with E-state index in [0.717, 1.165) is 16.5 Å². The zero-order chi connectivity index (χ0) is 16.7. The molecule has 1 aliphatic heterocycles.